The minimum absolute atomic E-state index is 0.0410. The van der Waals surface area contributed by atoms with Crippen LogP contribution in [0.3, 0.4) is 0 Å². The molecule has 0 bridgehead atoms. The molecule has 9 heteroatoms. The number of hydrogen-bond acceptors (Lipinski definition) is 5. The van der Waals surface area contributed by atoms with Gasteiger partial charge in [-0.3, -0.25) is 0 Å². The van der Waals surface area contributed by atoms with Crippen molar-refractivity contribution in [1.29, 1.82) is 0 Å². The Labute approximate surface area is 227 Å². The molecule has 0 spiro atoms. The van der Waals surface area contributed by atoms with Crippen molar-refractivity contribution < 1.29 is 27.6 Å². The molecule has 1 amide bonds. The van der Waals surface area contributed by atoms with Crippen molar-refractivity contribution in [2.24, 2.45) is 0 Å². The molecule has 1 saturated heterocycles. The highest BCUT2D eigenvalue weighted by Gasteiger charge is 2.52. The molecule has 1 aliphatic carbocycles. The number of anilines is 1. The summed E-state index contributed by atoms with van der Waals surface area (Å²) in [7, 11) is -0.899. The number of benzene rings is 3. The normalized spacial score (nSPS) is 17.6. The molecular formula is C30H31BF2N2O4. The fourth-order valence-electron chi connectivity index (χ4n) is 4.91. The highest BCUT2D eigenvalue weighted by molar-refractivity contribution is 6.56. The average Bonchev–Trinajstić information content (AvgIpc) is 3.34. The van der Waals surface area contributed by atoms with E-state index in [1.807, 2.05) is 64.1 Å². The van der Waals surface area contributed by atoms with Crippen molar-refractivity contribution in [1.82, 2.24) is 5.32 Å². The van der Waals surface area contributed by atoms with E-state index in [2.05, 4.69) is 17.4 Å². The zero-order chi connectivity index (χ0) is 27.9. The van der Waals surface area contributed by atoms with E-state index in [0.29, 0.717) is 5.47 Å². The summed E-state index contributed by atoms with van der Waals surface area (Å²) in [5.74, 6) is -2.32. The van der Waals surface area contributed by atoms with E-state index < -0.39 is 36.0 Å². The number of nitrogens with one attached hydrogen (secondary N) is 1. The molecule has 0 unspecified atom stereocenters. The number of fused-ring (bicyclic) bond motifs is 3. The number of amides is 1. The summed E-state index contributed by atoms with van der Waals surface area (Å²) >= 11 is 0. The van der Waals surface area contributed by atoms with Crippen LogP contribution in [-0.2, 0) is 14.0 Å². The second-order valence-corrected chi connectivity index (χ2v) is 10.9. The van der Waals surface area contributed by atoms with Gasteiger partial charge < -0.3 is 25.1 Å². The summed E-state index contributed by atoms with van der Waals surface area (Å²) in [4.78, 5) is 12.8. The Hall–Kier alpha value is -3.69. The minimum Gasteiger partial charge on any atom is -0.449 e. The topological polar surface area (TPSA) is 82.8 Å². The molecule has 0 radical (unpaired) electrons. The lowest BCUT2D eigenvalue weighted by atomic mass is 9.77. The number of ether oxygens (including phenoxy) is 1. The van der Waals surface area contributed by atoms with E-state index >= 15 is 0 Å². The number of halogens is 2. The van der Waals surface area contributed by atoms with Gasteiger partial charge >= 0.3 is 13.2 Å². The lowest BCUT2D eigenvalue weighted by Crippen LogP contribution is -2.41. The second kappa shape index (κ2) is 10.1. The number of rotatable bonds is 6. The van der Waals surface area contributed by atoms with Gasteiger partial charge in [0.05, 0.1) is 16.9 Å². The van der Waals surface area contributed by atoms with Crippen LogP contribution in [-0.4, -0.2) is 37.6 Å². The summed E-state index contributed by atoms with van der Waals surface area (Å²) in [6, 6.07) is 18.8. The third-order valence-electron chi connectivity index (χ3n) is 7.82. The highest BCUT2D eigenvalue weighted by Crippen LogP contribution is 2.44. The van der Waals surface area contributed by atoms with E-state index in [1.54, 1.807) is 0 Å². The lowest BCUT2D eigenvalue weighted by molar-refractivity contribution is 0.00578. The molecule has 5 rings (SSSR count). The molecule has 39 heavy (non-hydrogen) atoms. The Bertz CT molecular complexity index is 1400. The number of alkyl carbamates (subject to hydrolysis) is 1. The van der Waals surface area contributed by atoms with Crippen LogP contribution in [0.5, 0.6) is 0 Å². The van der Waals surface area contributed by atoms with E-state index in [4.69, 9.17) is 19.8 Å². The summed E-state index contributed by atoms with van der Waals surface area (Å²) < 4.78 is 46.7. The van der Waals surface area contributed by atoms with Crippen LogP contribution < -0.4 is 11.1 Å². The van der Waals surface area contributed by atoms with Crippen LogP contribution in [0.25, 0.3) is 17.2 Å². The van der Waals surface area contributed by atoms with Gasteiger partial charge in [-0.2, -0.15) is 0 Å². The molecule has 1 aliphatic heterocycles. The average molecular weight is 532 g/mol. The van der Waals surface area contributed by atoms with Gasteiger partial charge in [-0.15, -0.1) is 0 Å². The van der Waals surface area contributed by atoms with Gasteiger partial charge in [0.25, 0.3) is 0 Å². The van der Waals surface area contributed by atoms with E-state index in [1.165, 1.54) is 18.2 Å². The molecule has 1 fully saturated rings. The standard InChI is InChI=1S/C30H31BF2N2O4/c1-29(2)30(3,4)39-31(38-29)19(15-18-13-14-25(34)27(33)26(18)32)16-35-28(36)37-17-24-22-11-7-5-9-20(22)21-10-6-8-12-23(21)24/h5-15,24H,16-17,34H2,1-4H3,(H,35,36). The molecule has 0 aromatic heterocycles. The van der Waals surface area contributed by atoms with Crippen LogP contribution in [0.2, 0.25) is 0 Å². The van der Waals surface area contributed by atoms with Gasteiger partial charge in [-0.25, -0.2) is 13.6 Å². The quantitative estimate of drug-likeness (QED) is 0.296. The Morgan fingerprint density at radius 3 is 2.10 bits per heavy atom. The first-order chi connectivity index (χ1) is 18.5. The van der Waals surface area contributed by atoms with Crippen molar-refractivity contribution in [3.63, 3.8) is 0 Å². The Balaban J connectivity index is 1.33. The van der Waals surface area contributed by atoms with Gasteiger partial charge in [0.15, 0.2) is 11.6 Å². The maximum absolute atomic E-state index is 14.7. The SMILES string of the molecule is CC1(C)OB(C(=Cc2ccc(N)c(F)c2F)CNC(=O)OCC2c3ccccc3-c3ccccc32)OC1(C)C. The molecule has 3 aromatic carbocycles. The van der Waals surface area contributed by atoms with Gasteiger partial charge in [0, 0.05) is 18.0 Å². The third kappa shape index (κ3) is 5.04. The molecule has 0 atom stereocenters. The van der Waals surface area contributed by atoms with E-state index in [9.17, 15) is 13.6 Å². The van der Waals surface area contributed by atoms with Crippen LogP contribution in [0.4, 0.5) is 19.3 Å². The summed E-state index contributed by atoms with van der Waals surface area (Å²) in [6.07, 6.45) is 0.757. The number of carbonyl (C=O) groups is 1. The zero-order valence-corrected chi connectivity index (χ0v) is 22.4. The minimum atomic E-state index is -1.14. The summed E-state index contributed by atoms with van der Waals surface area (Å²) in [5, 5.41) is 2.72. The van der Waals surface area contributed by atoms with Crippen molar-refractivity contribution in [3.05, 3.63) is 94.5 Å². The van der Waals surface area contributed by atoms with Gasteiger partial charge in [0.1, 0.15) is 6.61 Å². The fraction of sp³-hybridized carbons (Fsp3) is 0.300. The van der Waals surface area contributed by atoms with Crippen LogP contribution in [0.1, 0.15) is 50.3 Å². The second-order valence-electron chi connectivity index (χ2n) is 10.9. The number of nitrogens with two attached hydrogens (primary N) is 1. The zero-order valence-electron chi connectivity index (χ0n) is 22.4. The molecule has 0 saturated carbocycles. The van der Waals surface area contributed by atoms with Gasteiger partial charge in [0.2, 0.25) is 0 Å². The van der Waals surface area contributed by atoms with Crippen molar-refractivity contribution in [2.45, 2.75) is 44.8 Å². The first kappa shape index (κ1) is 26.9. The van der Waals surface area contributed by atoms with Crippen molar-refractivity contribution in [3.8, 4) is 11.1 Å². The number of nitrogen functional groups attached to an aromatic ring is 1. The van der Waals surface area contributed by atoms with Crippen LogP contribution in [0.15, 0.2) is 66.1 Å². The summed E-state index contributed by atoms with van der Waals surface area (Å²) in [5.41, 5.74) is 8.67. The van der Waals surface area contributed by atoms with E-state index in [0.717, 1.165) is 22.3 Å². The maximum Gasteiger partial charge on any atom is 0.492 e. The van der Waals surface area contributed by atoms with E-state index in [-0.39, 0.29) is 30.3 Å². The molecule has 3 aromatic rings. The van der Waals surface area contributed by atoms with Crippen molar-refractivity contribution in [2.75, 3.05) is 18.9 Å². The first-order valence-electron chi connectivity index (χ1n) is 12.9. The predicted molar refractivity (Wildman–Crippen MR) is 148 cm³/mol. The number of hydrogen-bond donors (Lipinski definition) is 2. The fourth-order valence-corrected chi connectivity index (χ4v) is 4.91. The predicted octanol–water partition coefficient (Wildman–Crippen LogP) is 6.10. The highest BCUT2D eigenvalue weighted by atomic mass is 19.2. The molecule has 202 valence electrons. The number of carbonyl (C=O) groups excluding carboxylic acids is 1. The largest absolute Gasteiger partial charge is 0.492 e. The molecule has 6 nitrogen and oxygen atoms in total. The Morgan fingerprint density at radius 1 is 0.949 bits per heavy atom. The first-order valence-corrected chi connectivity index (χ1v) is 12.9. The third-order valence-corrected chi connectivity index (χ3v) is 7.82. The van der Waals surface area contributed by atoms with Crippen molar-refractivity contribution >= 4 is 25.0 Å². The van der Waals surface area contributed by atoms with Crippen LogP contribution in [0, 0.1) is 11.6 Å². The Kier molecular flexibility index (Phi) is 6.99. The monoisotopic (exact) mass is 532 g/mol. The van der Waals surface area contributed by atoms with Gasteiger partial charge in [-0.05, 0) is 67.6 Å². The Morgan fingerprint density at radius 2 is 1.51 bits per heavy atom. The molecule has 2 aliphatic rings. The molecule has 3 N–H and O–H groups in total. The maximum atomic E-state index is 14.7. The molecule has 1 heterocycles. The van der Waals surface area contributed by atoms with Crippen LogP contribution >= 0.6 is 0 Å². The lowest BCUT2D eigenvalue weighted by Gasteiger charge is -2.32. The summed E-state index contributed by atoms with van der Waals surface area (Å²) in [6.45, 7) is 7.60. The van der Waals surface area contributed by atoms with Gasteiger partial charge in [-0.1, -0.05) is 54.6 Å². The molecular weight excluding hydrogens is 501 g/mol. The smallest absolute Gasteiger partial charge is 0.449 e.